The predicted octanol–water partition coefficient (Wildman–Crippen LogP) is 6.27. The third-order valence-corrected chi connectivity index (χ3v) is 10.2. The van der Waals surface area contributed by atoms with Crippen molar-refractivity contribution in [2.45, 2.75) is 34.6 Å². The molecular weight excluding hydrogens is 575 g/mol. The lowest BCUT2D eigenvalue weighted by Gasteiger charge is -2.20. The van der Waals surface area contributed by atoms with E-state index in [-0.39, 0.29) is 31.7 Å². The van der Waals surface area contributed by atoms with E-state index in [1.165, 1.54) is 12.1 Å². The van der Waals surface area contributed by atoms with Crippen molar-refractivity contribution < 1.29 is 21.2 Å². The van der Waals surface area contributed by atoms with Gasteiger partial charge in [0, 0.05) is 0 Å². The maximum absolute atomic E-state index is 14.4. The molecule has 0 amide bonds. The fourth-order valence-corrected chi connectivity index (χ4v) is 7.54. The maximum atomic E-state index is 14.4. The van der Waals surface area contributed by atoms with Crippen molar-refractivity contribution in [1.29, 1.82) is 0 Å². The van der Waals surface area contributed by atoms with Crippen LogP contribution in [0.3, 0.4) is 0 Å². The summed E-state index contributed by atoms with van der Waals surface area (Å²) < 4.78 is 73.9. The number of sulfonamides is 1. The summed E-state index contributed by atoms with van der Waals surface area (Å²) in [5.41, 5.74) is 2.81. The van der Waals surface area contributed by atoms with E-state index in [1.54, 1.807) is 41.0 Å². The van der Waals surface area contributed by atoms with E-state index >= 15 is 0 Å². The molecule has 212 valence electrons. The molecule has 0 aliphatic carbocycles. The van der Waals surface area contributed by atoms with Gasteiger partial charge in [-0.25, -0.2) is 31.2 Å². The summed E-state index contributed by atoms with van der Waals surface area (Å²) in [5, 5.41) is 0. The summed E-state index contributed by atoms with van der Waals surface area (Å²) in [7, 11) is -8.74. The van der Waals surface area contributed by atoms with Crippen molar-refractivity contribution in [1.82, 2.24) is 14.5 Å². The van der Waals surface area contributed by atoms with Gasteiger partial charge in [0.25, 0.3) is 10.0 Å². The molecule has 4 aromatic carbocycles. The largest absolute Gasteiger partial charge is 0.302 e. The van der Waals surface area contributed by atoms with Crippen molar-refractivity contribution in [2.24, 2.45) is 0 Å². The molecule has 0 aliphatic rings. The Bertz CT molecular complexity index is 2170. The first-order valence-corrected chi connectivity index (χ1v) is 16.0. The van der Waals surface area contributed by atoms with Crippen LogP contribution in [0.1, 0.15) is 24.1 Å². The van der Waals surface area contributed by atoms with Crippen molar-refractivity contribution in [2.75, 3.05) is 4.72 Å². The minimum absolute atomic E-state index is 0.0221. The number of halogens is 1. The van der Waals surface area contributed by atoms with E-state index in [2.05, 4.69) is 4.72 Å². The van der Waals surface area contributed by atoms with E-state index < -0.39 is 31.7 Å². The number of aryl methyl sites for hydroxylation is 1. The van der Waals surface area contributed by atoms with Gasteiger partial charge in [0.05, 0.1) is 26.9 Å². The van der Waals surface area contributed by atoms with Crippen molar-refractivity contribution in [3.8, 4) is 0 Å². The number of fused-ring (bicyclic) bond motifs is 2. The second kappa shape index (κ2) is 10.3. The second-order valence-electron chi connectivity index (χ2n) is 9.89. The number of hydrogen-bond donors (Lipinski definition) is 1. The average Bonchev–Trinajstić information content (AvgIpc) is 3.28. The quantitative estimate of drug-likeness (QED) is 0.231. The van der Waals surface area contributed by atoms with Gasteiger partial charge >= 0.3 is 0 Å². The summed E-state index contributed by atoms with van der Waals surface area (Å²) in [6.45, 7) is 3.66. The highest BCUT2D eigenvalue weighted by molar-refractivity contribution is 7.93. The zero-order valence-electron chi connectivity index (χ0n) is 22.6. The summed E-state index contributed by atoms with van der Waals surface area (Å²) in [6.07, 6.45) is 0. The Morgan fingerprint density at radius 3 is 1.95 bits per heavy atom. The predicted molar refractivity (Wildman–Crippen MR) is 159 cm³/mol. The molecule has 2 aromatic heterocycles. The zero-order valence-corrected chi connectivity index (χ0v) is 24.2. The van der Waals surface area contributed by atoms with Crippen LogP contribution in [0.15, 0.2) is 118 Å². The molecule has 0 saturated heterocycles. The second-order valence-corrected chi connectivity index (χ2v) is 13.5. The number of aromatic nitrogens is 3. The molecule has 0 aliphatic heterocycles. The van der Waals surface area contributed by atoms with Gasteiger partial charge < -0.3 is 4.57 Å². The number of sulfone groups is 1. The van der Waals surface area contributed by atoms with Gasteiger partial charge in [0.2, 0.25) is 9.84 Å². The molecule has 2 heterocycles. The number of nitrogens with one attached hydrogen (secondary N) is 1. The Kier molecular flexibility index (Phi) is 6.78. The van der Waals surface area contributed by atoms with Crippen LogP contribution in [0.5, 0.6) is 0 Å². The minimum Gasteiger partial charge on any atom is -0.302 e. The maximum Gasteiger partial charge on any atom is 0.263 e. The molecule has 6 aromatic rings. The molecule has 1 N–H and O–H groups in total. The first kappa shape index (κ1) is 27.6. The summed E-state index contributed by atoms with van der Waals surface area (Å²) >= 11 is 0. The summed E-state index contributed by atoms with van der Waals surface area (Å²) in [5.74, 6) is -0.829. The van der Waals surface area contributed by atoms with Crippen LogP contribution in [-0.2, 0) is 19.9 Å². The normalized spacial score (nSPS) is 12.9. The SMILES string of the molecule is Cc1ccc(S(=O)(=O)c2c(NS(=O)(=O)c3ccc(F)cc3)n([C@@H](C)c3ccccc3)c3nc4ccccc4nc23)cc1. The molecule has 6 rings (SSSR count). The van der Waals surface area contributed by atoms with Crippen molar-refractivity contribution in [3.05, 3.63) is 120 Å². The Morgan fingerprint density at radius 1 is 0.738 bits per heavy atom. The van der Waals surface area contributed by atoms with E-state index in [1.807, 2.05) is 44.2 Å². The number of hydrogen-bond acceptors (Lipinski definition) is 6. The Hall–Kier alpha value is -4.61. The summed E-state index contributed by atoms with van der Waals surface area (Å²) in [4.78, 5) is 8.91. The molecule has 42 heavy (non-hydrogen) atoms. The number of rotatable bonds is 7. The van der Waals surface area contributed by atoms with Gasteiger partial charge in [-0.2, -0.15) is 0 Å². The number of anilines is 1. The molecule has 0 fully saturated rings. The van der Waals surface area contributed by atoms with Crippen LogP contribution in [0.25, 0.3) is 22.2 Å². The molecule has 0 radical (unpaired) electrons. The molecule has 1 atom stereocenters. The Morgan fingerprint density at radius 2 is 1.31 bits per heavy atom. The minimum atomic E-state index is -4.39. The van der Waals surface area contributed by atoms with Crippen LogP contribution in [0, 0.1) is 12.7 Å². The Balaban J connectivity index is 1.73. The van der Waals surface area contributed by atoms with Gasteiger partial charge in [0.1, 0.15) is 22.0 Å². The van der Waals surface area contributed by atoms with E-state index in [9.17, 15) is 21.2 Å². The van der Waals surface area contributed by atoms with E-state index in [0.29, 0.717) is 11.0 Å². The molecule has 8 nitrogen and oxygen atoms in total. The van der Waals surface area contributed by atoms with Crippen LogP contribution in [0.2, 0.25) is 0 Å². The highest BCUT2D eigenvalue weighted by Crippen LogP contribution is 2.41. The van der Waals surface area contributed by atoms with Crippen LogP contribution < -0.4 is 4.72 Å². The van der Waals surface area contributed by atoms with E-state index in [4.69, 9.17) is 9.97 Å². The highest BCUT2D eigenvalue weighted by Gasteiger charge is 2.35. The first-order valence-electron chi connectivity index (χ1n) is 13.0. The van der Waals surface area contributed by atoms with Gasteiger partial charge in [-0.05, 0) is 67.9 Å². The number of benzene rings is 4. The lowest BCUT2D eigenvalue weighted by molar-refractivity contribution is 0.595. The van der Waals surface area contributed by atoms with Crippen LogP contribution in [-0.4, -0.2) is 31.4 Å². The van der Waals surface area contributed by atoms with Crippen LogP contribution >= 0.6 is 0 Å². The number of para-hydroxylation sites is 2. The molecule has 11 heteroatoms. The fourth-order valence-electron chi connectivity index (χ4n) is 4.88. The smallest absolute Gasteiger partial charge is 0.263 e. The lowest BCUT2D eigenvalue weighted by atomic mass is 10.1. The molecule has 0 spiro atoms. The fraction of sp³-hybridized carbons (Fsp3) is 0.0968. The van der Waals surface area contributed by atoms with Gasteiger partial charge in [-0.15, -0.1) is 0 Å². The van der Waals surface area contributed by atoms with E-state index in [0.717, 1.165) is 35.4 Å². The van der Waals surface area contributed by atoms with Crippen molar-refractivity contribution >= 4 is 47.9 Å². The molecule has 0 saturated carbocycles. The van der Waals surface area contributed by atoms with Crippen molar-refractivity contribution in [3.63, 3.8) is 0 Å². The van der Waals surface area contributed by atoms with Gasteiger partial charge in [-0.3, -0.25) is 4.72 Å². The Labute approximate surface area is 242 Å². The molecule has 0 unspecified atom stereocenters. The number of nitrogens with zero attached hydrogens (tertiary/aromatic N) is 3. The van der Waals surface area contributed by atoms with Gasteiger partial charge in [0.15, 0.2) is 5.65 Å². The first-order chi connectivity index (χ1) is 20.1. The zero-order chi connectivity index (χ0) is 29.6. The molecular formula is C31H25FN4O4S2. The average molecular weight is 601 g/mol. The lowest BCUT2D eigenvalue weighted by Crippen LogP contribution is -2.20. The third-order valence-electron chi connectivity index (χ3n) is 7.08. The third kappa shape index (κ3) is 4.80. The monoisotopic (exact) mass is 600 g/mol. The van der Waals surface area contributed by atoms with Crippen LogP contribution in [0.4, 0.5) is 10.2 Å². The summed E-state index contributed by atoms with van der Waals surface area (Å²) in [6, 6.07) is 26.3. The highest BCUT2D eigenvalue weighted by atomic mass is 32.2. The standard InChI is InChI=1S/C31H25FN4O4S2/c1-20-12-16-24(17-13-20)41(37,38)29-28-30(34-27-11-7-6-10-26(27)33-28)36(21(2)22-8-4-3-5-9-22)31(29)35-42(39,40)25-18-14-23(32)15-19-25/h3-19,21,35H,1-2H3/t21-/m0/s1. The van der Waals surface area contributed by atoms with Gasteiger partial charge in [-0.1, -0.05) is 60.2 Å². The topological polar surface area (TPSA) is 111 Å². The molecule has 0 bridgehead atoms.